The molecular formula is C78H98O10. The first-order valence-corrected chi connectivity index (χ1v) is 33.6. The molecule has 0 bridgehead atoms. The van der Waals surface area contributed by atoms with Crippen molar-refractivity contribution in [3.8, 4) is 34.5 Å². The number of fused-ring (bicyclic) bond motifs is 2. The molecule has 5 aromatic rings. The predicted molar refractivity (Wildman–Crippen MR) is 361 cm³/mol. The summed E-state index contributed by atoms with van der Waals surface area (Å²) >= 11 is 0. The van der Waals surface area contributed by atoms with Gasteiger partial charge in [0.1, 0.15) is 34.5 Å². The third-order valence-corrected chi connectivity index (χ3v) is 16.3. The summed E-state index contributed by atoms with van der Waals surface area (Å²) in [7, 11) is 0. The number of ketones is 4. The van der Waals surface area contributed by atoms with Gasteiger partial charge >= 0.3 is 0 Å². The van der Waals surface area contributed by atoms with Gasteiger partial charge in [-0.05, 0) is 87.1 Å². The van der Waals surface area contributed by atoms with Crippen LogP contribution in [0.2, 0.25) is 0 Å². The van der Waals surface area contributed by atoms with Gasteiger partial charge in [0, 0.05) is 55.6 Å². The number of benzene rings is 5. The lowest BCUT2D eigenvalue weighted by Crippen LogP contribution is -2.05. The summed E-state index contributed by atoms with van der Waals surface area (Å²) in [6, 6.07) is 25.9. The molecule has 7 rings (SSSR count). The molecule has 0 aromatic heterocycles. The topological polar surface area (TPSA) is 124 Å². The van der Waals surface area contributed by atoms with Crippen LogP contribution in [0, 0.1) is 0 Å². The van der Waals surface area contributed by atoms with Gasteiger partial charge in [-0.2, -0.15) is 0 Å². The van der Waals surface area contributed by atoms with Crippen molar-refractivity contribution in [3.63, 3.8) is 0 Å². The summed E-state index contributed by atoms with van der Waals surface area (Å²) < 4.78 is 40.2. The minimum Gasteiger partial charge on any atom is -0.493 e. The third kappa shape index (κ3) is 19.8. The van der Waals surface area contributed by atoms with Gasteiger partial charge in [0.2, 0.25) is 0 Å². The van der Waals surface area contributed by atoms with Crippen molar-refractivity contribution in [1.82, 2.24) is 0 Å². The summed E-state index contributed by atoms with van der Waals surface area (Å²) in [6.07, 6.45) is 36.3. The van der Waals surface area contributed by atoms with Gasteiger partial charge < -0.3 is 28.4 Å². The van der Waals surface area contributed by atoms with Crippen LogP contribution in [0.1, 0.15) is 270 Å². The monoisotopic (exact) mass is 1190 g/mol. The van der Waals surface area contributed by atoms with Crippen LogP contribution >= 0.6 is 0 Å². The van der Waals surface area contributed by atoms with Crippen LogP contribution in [0.3, 0.4) is 0 Å². The number of allylic oxidation sites excluding steroid dienone is 2. The molecule has 0 aliphatic heterocycles. The summed E-state index contributed by atoms with van der Waals surface area (Å²) in [5, 5.41) is 0. The first-order chi connectivity index (χ1) is 43.1. The maximum Gasteiger partial charge on any atom is 0.197 e. The first-order valence-electron chi connectivity index (χ1n) is 33.6. The average Bonchev–Trinajstić information content (AvgIpc) is 2.25. The zero-order chi connectivity index (χ0) is 62.3. The molecular weight excluding hydrogens is 1100 g/mol. The highest BCUT2D eigenvalue weighted by Crippen LogP contribution is 2.40. The molecule has 0 amide bonds. The highest BCUT2D eigenvalue weighted by Gasteiger charge is 2.34. The quantitative estimate of drug-likeness (QED) is 0.0161. The average molecular weight is 1200 g/mol. The van der Waals surface area contributed by atoms with Gasteiger partial charge in [0.25, 0.3) is 0 Å². The zero-order valence-corrected chi connectivity index (χ0v) is 53.8. The Morgan fingerprint density at radius 2 is 0.455 bits per heavy atom. The number of hydrogen-bond acceptors (Lipinski definition) is 10. The van der Waals surface area contributed by atoms with Crippen LogP contribution < -0.4 is 28.4 Å². The molecule has 2 aliphatic carbocycles. The summed E-state index contributed by atoms with van der Waals surface area (Å²) in [5.74, 6) is 2.56. The minimum absolute atomic E-state index is 0.111. The second-order valence-electron chi connectivity index (χ2n) is 23.4. The van der Waals surface area contributed by atoms with Crippen LogP contribution in [-0.2, 0) is 0 Å². The Bertz CT molecular complexity index is 2920. The molecule has 0 spiro atoms. The summed E-state index contributed by atoms with van der Waals surface area (Å²) in [6.45, 7) is 16.2. The number of unbranched alkanes of at least 4 members (excludes halogenated alkanes) is 18. The fourth-order valence-electron chi connectivity index (χ4n) is 11.0. The Kier molecular flexibility index (Phi) is 28.9. The van der Waals surface area contributed by atoms with Crippen molar-refractivity contribution in [2.24, 2.45) is 0 Å². The molecule has 10 nitrogen and oxygen atoms in total. The van der Waals surface area contributed by atoms with Crippen molar-refractivity contribution < 1.29 is 47.6 Å². The Hall–Kier alpha value is -7.46. The molecule has 470 valence electrons. The maximum absolute atomic E-state index is 13.8. The molecule has 0 radical (unpaired) electrons. The second kappa shape index (κ2) is 37.4. The Labute approximate surface area is 526 Å². The van der Waals surface area contributed by atoms with E-state index in [9.17, 15) is 19.2 Å². The van der Waals surface area contributed by atoms with Crippen LogP contribution in [0.4, 0.5) is 0 Å². The van der Waals surface area contributed by atoms with Gasteiger partial charge in [-0.25, -0.2) is 0 Å². The zero-order valence-electron chi connectivity index (χ0n) is 53.8. The molecule has 0 N–H and O–H groups in total. The van der Waals surface area contributed by atoms with Crippen LogP contribution in [0.25, 0.3) is 36.5 Å². The smallest absolute Gasteiger partial charge is 0.197 e. The van der Waals surface area contributed by atoms with Gasteiger partial charge in [-0.3, -0.25) is 19.2 Å². The Morgan fingerprint density at radius 3 is 0.659 bits per heavy atom. The Balaban J connectivity index is 1.35. The molecule has 2 aliphatic rings. The fraction of sp³-hybridized carbons (Fsp3) is 0.462. The molecule has 0 heterocycles. The highest BCUT2D eigenvalue weighted by molar-refractivity contribution is 6.42. The molecule has 0 unspecified atom stereocenters. The lowest BCUT2D eigenvalue weighted by molar-refractivity contribution is 0.0975. The van der Waals surface area contributed by atoms with E-state index in [4.69, 9.17) is 28.4 Å². The number of carbonyl (C=O) groups excluding carboxylic acids is 4. The van der Waals surface area contributed by atoms with Crippen molar-refractivity contribution in [3.05, 3.63) is 152 Å². The molecule has 88 heavy (non-hydrogen) atoms. The van der Waals surface area contributed by atoms with E-state index in [2.05, 4.69) is 65.8 Å². The number of rotatable bonds is 42. The largest absolute Gasteiger partial charge is 0.493 e. The molecule has 0 fully saturated rings. The number of ether oxygens (including phenoxy) is 6. The van der Waals surface area contributed by atoms with Gasteiger partial charge in [0.05, 0.1) is 50.8 Å². The van der Waals surface area contributed by atoms with Crippen molar-refractivity contribution in [2.45, 2.75) is 196 Å². The maximum atomic E-state index is 13.8. The number of Topliss-reactive ketones (excluding diaryl/α,β-unsaturated/α-hetero) is 4. The number of hydrogen-bond donors (Lipinski definition) is 0. The van der Waals surface area contributed by atoms with E-state index in [-0.39, 0.29) is 34.3 Å². The lowest BCUT2D eigenvalue weighted by Gasteiger charge is -2.17. The van der Waals surface area contributed by atoms with E-state index in [1.807, 2.05) is 36.4 Å². The molecule has 0 saturated carbocycles. The van der Waals surface area contributed by atoms with Gasteiger partial charge in [-0.1, -0.05) is 230 Å². The van der Waals surface area contributed by atoms with E-state index in [0.717, 1.165) is 176 Å². The van der Waals surface area contributed by atoms with Gasteiger partial charge in [-0.15, -0.1) is 0 Å². The van der Waals surface area contributed by atoms with Crippen molar-refractivity contribution in [1.29, 1.82) is 0 Å². The summed E-state index contributed by atoms with van der Waals surface area (Å²) in [5.41, 5.74) is 6.30. The number of carbonyl (C=O) groups is 4. The summed E-state index contributed by atoms with van der Waals surface area (Å²) in [4.78, 5) is 55.3. The minimum atomic E-state index is -0.294. The lowest BCUT2D eigenvalue weighted by atomic mass is 10.0. The molecule has 0 atom stereocenters. The van der Waals surface area contributed by atoms with E-state index in [1.165, 1.54) is 0 Å². The fourth-order valence-corrected chi connectivity index (χ4v) is 11.0. The van der Waals surface area contributed by atoms with Crippen molar-refractivity contribution >= 4 is 59.6 Å². The predicted octanol–water partition coefficient (Wildman–Crippen LogP) is 20.7. The van der Waals surface area contributed by atoms with E-state index in [0.29, 0.717) is 108 Å². The molecule has 0 saturated heterocycles. The van der Waals surface area contributed by atoms with Gasteiger partial charge in [0.15, 0.2) is 23.1 Å². The first kappa shape index (κ1) is 68.0. The third-order valence-electron chi connectivity index (χ3n) is 16.3. The standard InChI is InChI=1S/C78H98O10/c1-7-13-19-29-43-83-69-51-58(40-42-60-54-74(88-48-34-24-18-12-6)62(56-72(60)86-46-32-22-16-10-4)50-68-77(81)65-37-27-28-38-66(65)78(68)82)70(84-44-30-20-14-8-2)52-57(69)39-41-59-53-73(87-47-33-23-17-11-5)61(55-71(59)85-45-31-21-15-9-3)49-67-75(79)63-35-25-26-36-64(63)76(67)80/h25-28,35-42,49-56H,7-24,29-34,43-48H2,1-6H3/b41-39+,42-40+. The SMILES string of the molecule is CCCCCCOc1cc(/C=C/c2cc(OCCCCCC)c(/C=C/c3cc(OCCCCCC)c(C=C4C(=O)c5ccccc5C4=O)cc3OCCCCCC)cc2OCCCCCC)c(OCCCCCC)cc1C=C1C(=O)c2ccccc2C1=O. The second-order valence-corrected chi connectivity index (χ2v) is 23.4. The van der Waals surface area contributed by atoms with E-state index < -0.39 is 0 Å². The van der Waals surface area contributed by atoms with E-state index in [1.54, 1.807) is 60.7 Å². The van der Waals surface area contributed by atoms with Crippen LogP contribution in [0.15, 0.2) is 96.1 Å². The Morgan fingerprint density at radius 1 is 0.261 bits per heavy atom. The normalized spacial score (nSPS) is 12.8. The molecule has 5 aromatic carbocycles. The van der Waals surface area contributed by atoms with Crippen molar-refractivity contribution in [2.75, 3.05) is 39.6 Å². The van der Waals surface area contributed by atoms with Crippen LogP contribution in [-0.4, -0.2) is 62.8 Å². The molecule has 10 heteroatoms. The van der Waals surface area contributed by atoms with Crippen LogP contribution in [0.5, 0.6) is 34.5 Å². The highest BCUT2D eigenvalue weighted by atomic mass is 16.5. The van der Waals surface area contributed by atoms with E-state index >= 15 is 0 Å².